The fourth-order valence-corrected chi connectivity index (χ4v) is 1.04. The zero-order valence-electron chi connectivity index (χ0n) is 7.31. The zero-order chi connectivity index (χ0) is 11.5. The second kappa shape index (κ2) is 4.23. The smallest absolute Gasteiger partial charge is 0.211 e. The Morgan fingerprint density at radius 1 is 1.33 bits per heavy atom. The van der Waals surface area contributed by atoms with E-state index < -0.39 is 24.1 Å². The highest BCUT2D eigenvalue weighted by molar-refractivity contribution is 5.35. The van der Waals surface area contributed by atoms with Crippen LogP contribution < -0.4 is 0 Å². The maximum Gasteiger partial charge on any atom is 0.419 e. The first-order valence-electron chi connectivity index (χ1n) is 3.85. The molecule has 2 nitrogen and oxygen atoms in total. The van der Waals surface area contributed by atoms with E-state index in [1.165, 1.54) is 0 Å². The van der Waals surface area contributed by atoms with Gasteiger partial charge in [-0.25, -0.2) is 14.2 Å². The Bertz CT molecular complexity index is 407. The molecule has 15 heavy (non-hydrogen) atoms. The van der Waals surface area contributed by atoms with Gasteiger partial charge in [-0.3, -0.25) is 0 Å². The van der Waals surface area contributed by atoms with Gasteiger partial charge in [0.25, 0.3) is 0 Å². The van der Waals surface area contributed by atoms with Gasteiger partial charge in [0, 0.05) is 5.56 Å². The average Bonchev–Trinajstić information content (AvgIpc) is 2.14. The fraction of sp³-hybridized carbons (Fsp3) is 0.222. The standard InChI is InChI=1S/C9H5F4NO/c10-8-6(4-14-5-15)2-1-3-7(8)9(11,12)13/h1-3H,4H2. The summed E-state index contributed by atoms with van der Waals surface area (Å²) in [6, 6.07) is 2.82. The van der Waals surface area contributed by atoms with Gasteiger partial charge >= 0.3 is 6.18 Å². The van der Waals surface area contributed by atoms with Crippen molar-refractivity contribution in [1.29, 1.82) is 0 Å². The van der Waals surface area contributed by atoms with Crippen molar-refractivity contribution in [2.75, 3.05) is 0 Å². The van der Waals surface area contributed by atoms with Crippen molar-refractivity contribution < 1.29 is 22.4 Å². The van der Waals surface area contributed by atoms with Gasteiger partial charge in [-0.2, -0.15) is 13.2 Å². The zero-order valence-corrected chi connectivity index (χ0v) is 7.31. The number of nitrogens with zero attached hydrogens (tertiary/aromatic N) is 1. The molecule has 80 valence electrons. The van der Waals surface area contributed by atoms with Gasteiger partial charge < -0.3 is 0 Å². The number of isocyanates is 1. The number of rotatable bonds is 2. The van der Waals surface area contributed by atoms with Crippen molar-refractivity contribution in [3.05, 3.63) is 35.1 Å². The van der Waals surface area contributed by atoms with E-state index in [-0.39, 0.29) is 5.56 Å². The van der Waals surface area contributed by atoms with Crippen LogP contribution in [0, 0.1) is 5.82 Å². The molecule has 0 heterocycles. The van der Waals surface area contributed by atoms with Crippen LogP contribution in [0.25, 0.3) is 0 Å². The molecule has 0 saturated heterocycles. The highest BCUT2D eigenvalue weighted by Gasteiger charge is 2.34. The first-order valence-corrected chi connectivity index (χ1v) is 3.85. The van der Waals surface area contributed by atoms with E-state index in [9.17, 15) is 22.4 Å². The molecule has 1 aromatic carbocycles. The number of aliphatic imine (C=N–C) groups is 1. The predicted octanol–water partition coefficient (Wildman–Crippen LogP) is 2.68. The van der Waals surface area contributed by atoms with E-state index in [0.717, 1.165) is 18.2 Å². The van der Waals surface area contributed by atoms with Crippen LogP contribution in [0.2, 0.25) is 0 Å². The van der Waals surface area contributed by atoms with Crippen LogP contribution in [0.4, 0.5) is 17.6 Å². The number of benzene rings is 1. The van der Waals surface area contributed by atoms with E-state index in [2.05, 4.69) is 4.99 Å². The summed E-state index contributed by atoms with van der Waals surface area (Å²) in [5, 5.41) is 0. The summed E-state index contributed by atoms with van der Waals surface area (Å²) < 4.78 is 49.8. The molecule has 0 atom stereocenters. The summed E-state index contributed by atoms with van der Waals surface area (Å²) >= 11 is 0. The maximum absolute atomic E-state index is 13.2. The average molecular weight is 219 g/mol. The van der Waals surface area contributed by atoms with Crippen LogP contribution in [-0.4, -0.2) is 6.08 Å². The summed E-state index contributed by atoms with van der Waals surface area (Å²) in [6.07, 6.45) is -3.62. The molecule has 1 aromatic rings. The highest BCUT2D eigenvalue weighted by atomic mass is 19.4. The van der Waals surface area contributed by atoms with E-state index >= 15 is 0 Å². The summed E-state index contributed by atoms with van der Waals surface area (Å²) in [6.45, 7) is -0.445. The monoisotopic (exact) mass is 219 g/mol. The highest BCUT2D eigenvalue weighted by Crippen LogP contribution is 2.32. The van der Waals surface area contributed by atoms with Crippen LogP contribution in [0.3, 0.4) is 0 Å². The topological polar surface area (TPSA) is 29.4 Å². The largest absolute Gasteiger partial charge is 0.419 e. The van der Waals surface area contributed by atoms with Crippen LogP contribution in [0.5, 0.6) is 0 Å². The van der Waals surface area contributed by atoms with E-state index in [0.29, 0.717) is 6.07 Å². The Labute approximate surface area is 82.2 Å². The molecule has 0 bridgehead atoms. The molecule has 0 spiro atoms. The van der Waals surface area contributed by atoms with Gasteiger partial charge in [-0.05, 0) is 6.07 Å². The normalized spacial score (nSPS) is 10.9. The Kier molecular flexibility index (Phi) is 3.21. The quantitative estimate of drug-likeness (QED) is 0.427. The minimum absolute atomic E-state index is 0.284. The van der Waals surface area contributed by atoms with Gasteiger partial charge in [0.1, 0.15) is 5.82 Å². The second-order valence-electron chi connectivity index (χ2n) is 2.68. The summed E-state index contributed by atoms with van der Waals surface area (Å²) in [4.78, 5) is 12.7. The van der Waals surface area contributed by atoms with Crippen molar-refractivity contribution in [3.63, 3.8) is 0 Å². The van der Waals surface area contributed by atoms with Crippen LogP contribution >= 0.6 is 0 Å². The van der Waals surface area contributed by atoms with Gasteiger partial charge in [0.2, 0.25) is 6.08 Å². The Morgan fingerprint density at radius 2 is 2.00 bits per heavy atom. The lowest BCUT2D eigenvalue weighted by atomic mass is 10.1. The molecule has 0 N–H and O–H groups in total. The lowest BCUT2D eigenvalue weighted by molar-refractivity contribution is -0.140. The van der Waals surface area contributed by atoms with E-state index in [4.69, 9.17) is 0 Å². The second-order valence-corrected chi connectivity index (χ2v) is 2.68. The first kappa shape index (κ1) is 11.4. The number of hydrogen-bond donors (Lipinski definition) is 0. The molecule has 0 unspecified atom stereocenters. The minimum atomic E-state index is -4.75. The minimum Gasteiger partial charge on any atom is -0.211 e. The number of halogens is 4. The molecular formula is C9H5F4NO. The lowest BCUT2D eigenvalue weighted by Gasteiger charge is -2.09. The summed E-state index contributed by atoms with van der Waals surface area (Å²) in [5.41, 5.74) is -1.64. The lowest BCUT2D eigenvalue weighted by Crippen LogP contribution is -2.09. The van der Waals surface area contributed by atoms with Gasteiger partial charge in [-0.1, -0.05) is 12.1 Å². The molecule has 0 aromatic heterocycles. The molecule has 0 saturated carbocycles. The first-order chi connectivity index (χ1) is 6.96. The fourth-order valence-electron chi connectivity index (χ4n) is 1.04. The summed E-state index contributed by atoms with van der Waals surface area (Å²) in [5.74, 6) is -1.40. The summed E-state index contributed by atoms with van der Waals surface area (Å²) in [7, 11) is 0. The molecule has 0 aliphatic rings. The molecule has 0 amide bonds. The molecule has 0 fully saturated rings. The third-order valence-corrected chi connectivity index (χ3v) is 1.70. The molecule has 6 heteroatoms. The SMILES string of the molecule is O=C=NCc1cccc(C(F)(F)F)c1F. The number of alkyl halides is 3. The van der Waals surface area contributed by atoms with Gasteiger partial charge in [0.15, 0.2) is 0 Å². The molecule has 1 rings (SSSR count). The Balaban J connectivity index is 3.17. The third-order valence-electron chi connectivity index (χ3n) is 1.70. The third kappa shape index (κ3) is 2.63. The molecular weight excluding hydrogens is 214 g/mol. The molecule has 0 aliphatic heterocycles. The molecule has 0 radical (unpaired) electrons. The van der Waals surface area contributed by atoms with Crippen molar-refractivity contribution in [3.8, 4) is 0 Å². The predicted molar refractivity (Wildman–Crippen MR) is 43.2 cm³/mol. The van der Waals surface area contributed by atoms with E-state index in [1.807, 2.05) is 0 Å². The van der Waals surface area contributed by atoms with Crippen LogP contribution in [0.1, 0.15) is 11.1 Å². The van der Waals surface area contributed by atoms with E-state index in [1.54, 1.807) is 0 Å². The van der Waals surface area contributed by atoms with Crippen molar-refractivity contribution in [2.24, 2.45) is 4.99 Å². The number of carbonyl (C=O) groups excluding carboxylic acids is 1. The van der Waals surface area contributed by atoms with Crippen LogP contribution in [0.15, 0.2) is 23.2 Å². The number of hydrogen-bond acceptors (Lipinski definition) is 2. The maximum atomic E-state index is 13.2. The van der Waals surface area contributed by atoms with Crippen molar-refractivity contribution in [2.45, 2.75) is 12.7 Å². The Morgan fingerprint density at radius 3 is 2.53 bits per heavy atom. The van der Waals surface area contributed by atoms with Crippen molar-refractivity contribution >= 4 is 6.08 Å². The van der Waals surface area contributed by atoms with Crippen LogP contribution in [-0.2, 0) is 17.5 Å². The van der Waals surface area contributed by atoms with Gasteiger partial charge in [0.05, 0.1) is 12.1 Å². The van der Waals surface area contributed by atoms with Gasteiger partial charge in [-0.15, -0.1) is 0 Å². The Hall–Kier alpha value is -1.68. The van der Waals surface area contributed by atoms with Crippen molar-refractivity contribution in [1.82, 2.24) is 0 Å². The molecule has 0 aliphatic carbocycles.